The highest BCUT2D eigenvalue weighted by Gasteiger charge is 2.33. The smallest absolute Gasteiger partial charge is 0.281 e. The number of carbonyl (C=O) groups is 1. The van der Waals surface area contributed by atoms with Crippen molar-refractivity contribution in [3.8, 4) is 5.75 Å². The molecule has 1 aliphatic heterocycles. The van der Waals surface area contributed by atoms with Crippen LogP contribution in [0.5, 0.6) is 5.75 Å². The average Bonchev–Trinajstić information content (AvgIpc) is 3.35. The first-order chi connectivity index (χ1) is 15.7. The Morgan fingerprint density at radius 1 is 1.00 bits per heavy atom. The molecule has 1 amide bonds. The molecule has 1 aromatic heterocycles. The van der Waals surface area contributed by atoms with Gasteiger partial charge in [-0.2, -0.15) is 0 Å². The number of benzene rings is 2. The lowest BCUT2D eigenvalue weighted by atomic mass is 10.2. The van der Waals surface area contributed by atoms with Gasteiger partial charge in [0.05, 0.1) is 20.8 Å². The molecule has 3 aromatic rings. The minimum atomic E-state index is -0.285. The average molecular weight is 563 g/mol. The summed E-state index contributed by atoms with van der Waals surface area (Å²) in [4.78, 5) is 14.4. The predicted octanol–water partition coefficient (Wildman–Crippen LogP) is 7.70. The lowest BCUT2D eigenvalue weighted by Crippen LogP contribution is -2.30. The lowest BCUT2D eigenvalue weighted by molar-refractivity contribution is -0.113. The molecule has 0 saturated carbocycles. The molecule has 0 spiro atoms. The molecule has 0 radical (unpaired) electrons. The Morgan fingerprint density at radius 2 is 1.64 bits per heavy atom. The Kier molecular flexibility index (Phi) is 7.15. The highest BCUT2D eigenvalue weighted by molar-refractivity contribution is 7.80. The van der Waals surface area contributed by atoms with Gasteiger partial charge in [0, 0.05) is 6.08 Å². The third kappa shape index (κ3) is 4.69. The highest BCUT2D eigenvalue weighted by Crippen LogP contribution is 2.48. The van der Waals surface area contributed by atoms with Gasteiger partial charge in [-0.15, -0.1) is 0 Å². The van der Waals surface area contributed by atoms with Crippen LogP contribution in [0, 0.1) is 6.92 Å². The molecular formula is C22H13Cl5N2O3S. The molecule has 1 aliphatic rings. The number of para-hydroxylation sites is 1. The molecule has 2 heterocycles. The van der Waals surface area contributed by atoms with Crippen molar-refractivity contribution in [2.45, 2.75) is 13.5 Å². The van der Waals surface area contributed by atoms with Crippen molar-refractivity contribution in [3.63, 3.8) is 0 Å². The van der Waals surface area contributed by atoms with E-state index in [1.165, 1.54) is 4.90 Å². The molecule has 1 saturated heterocycles. The molecule has 5 nitrogen and oxygen atoms in total. The molecule has 0 bridgehead atoms. The van der Waals surface area contributed by atoms with Crippen molar-refractivity contribution in [1.82, 2.24) is 5.32 Å². The summed E-state index contributed by atoms with van der Waals surface area (Å²) in [5.74, 6) is 0.664. The maximum atomic E-state index is 12.9. The number of aryl methyl sites for hydroxylation is 1. The van der Waals surface area contributed by atoms with Gasteiger partial charge in [-0.25, -0.2) is 0 Å². The van der Waals surface area contributed by atoms with E-state index in [4.69, 9.17) is 79.4 Å². The van der Waals surface area contributed by atoms with Crippen LogP contribution < -0.4 is 15.0 Å². The van der Waals surface area contributed by atoms with E-state index < -0.39 is 0 Å². The van der Waals surface area contributed by atoms with E-state index >= 15 is 0 Å². The molecule has 170 valence electrons. The van der Waals surface area contributed by atoms with Crippen molar-refractivity contribution in [2.24, 2.45) is 0 Å². The van der Waals surface area contributed by atoms with Crippen LogP contribution in [0.25, 0.3) is 6.08 Å². The summed E-state index contributed by atoms with van der Waals surface area (Å²) < 4.78 is 11.4. The minimum Gasteiger partial charge on any atom is -0.482 e. The van der Waals surface area contributed by atoms with Gasteiger partial charge in [-0.1, -0.05) is 76.2 Å². The van der Waals surface area contributed by atoms with E-state index in [1.807, 2.05) is 31.2 Å². The van der Waals surface area contributed by atoms with Gasteiger partial charge in [0.2, 0.25) is 0 Å². The summed E-state index contributed by atoms with van der Waals surface area (Å²) in [6.07, 6.45) is 1.56. The van der Waals surface area contributed by atoms with Crippen LogP contribution >= 0.6 is 70.2 Å². The Hall–Kier alpha value is -1.93. The van der Waals surface area contributed by atoms with E-state index in [1.54, 1.807) is 18.2 Å². The van der Waals surface area contributed by atoms with Gasteiger partial charge in [0.1, 0.15) is 33.9 Å². The summed E-state index contributed by atoms with van der Waals surface area (Å²) in [6, 6.07) is 10.8. The summed E-state index contributed by atoms with van der Waals surface area (Å²) >= 11 is 35.8. The number of amides is 1. The fraction of sp³-hybridized carbons (Fsp3) is 0.0909. The third-order valence-electron chi connectivity index (χ3n) is 4.73. The van der Waals surface area contributed by atoms with Gasteiger partial charge in [0.25, 0.3) is 5.91 Å². The zero-order valence-electron chi connectivity index (χ0n) is 16.7. The minimum absolute atomic E-state index is 0.0218. The standard InChI is InChI=1S/C22H13Cl5N2O3S/c1-10-4-2-3-5-14(10)29-21(30)13(28-22(29)33)8-11-6-7-12(32-11)9-31-20-18(26)16(24)15(23)17(25)19(20)27/h2-8H,9H2,1H3,(H,28,33)/b13-8+. The monoisotopic (exact) mass is 560 g/mol. The fourth-order valence-electron chi connectivity index (χ4n) is 3.11. The predicted molar refractivity (Wildman–Crippen MR) is 137 cm³/mol. The number of hydrogen-bond donors (Lipinski definition) is 1. The Balaban J connectivity index is 1.52. The largest absolute Gasteiger partial charge is 0.482 e. The summed E-state index contributed by atoms with van der Waals surface area (Å²) in [5.41, 5.74) is 1.92. The number of thiocarbonyl (C=S) groups is 1. The van der Waals surface area contributed by atoms with E-state index in [0.717, 1.165) is 5.56 Å². The van der Waals surface area contributed by atoms with Crippen molar-refractivity contribution < 1.29 is 13.9 Å². The fourth-order valence-corrected chi connectivity index (χ4v) is 4.64. The van der Waals surface area contributed by atoms with E-state index in [-0.39, 0.29) is 54.2 Å². The van der Waals surface area contributed by atoms with Crippen molar-refractivity contribution in [3.05, 3.63) is 84.3 Å². The van der Waals surface area contributed by atoms with E-state index in [2.05, 4.69) is 5.32 Å². The Bertz CT molecular complexity index is 1290. The first kappa shape index (κ1) is 24.2. The summed E-state index contributed by atoms with van der Waals surface area (Å²) in [6.45, 7) is 1.89. The molecule has 1 N–H and O–H groups in total. The molecule has 33 heavy (non-hydrogen) atoms. The zero-order chi connectivity index (χ0) is 23.9. The second-order valence-corrected chi connectivity index (χ2v) is 9.18. The second-order valence-electron chi connectivity index (χ2n) is 6.91. The molecule has 0 unspecified atom stereocenters. The summed E-state index contributed by atoms with van der Waals surface area (Å²) in [5, 5.41) is 3.40. The van der Waals surface area contributed by atoms with Crippen LogP contribution in [0.2, 0.25) is 25.1 Å². The number of anilines is 1. The first-order valence-corrected chi connectivity index (χ1v) is 11.6. The van der Waals surface area contributed by atoms with Crippen LogP contribution in [-0.4, -0.2) is 11.0 Å². The molecule has 0 aliphatic carbocycles. The quantitative estimate of drug-likeness (QED) is 0.150. The Morgan fingerprint density at radius 3 is 2.30 bits per heavy atom. The van der Waals surface area contributed by atoms with Gasteiger partial charge < -0.3 is 14.5 Å². The van der Waals surface area contributed by atoms with Gasteiger partial charge >= 0.3 is 0 Å². The van der Waals surface area contributed by atoms with Gasteiger partial charge in [0.15, 0.2) is 10.9 Å². The third-order valence-corrected chi connectivity index (χ3v) is 7.26. The van der Waals surface area contributed by atoms with Crippen LogP contribution in [0.15, 0.2) is 46.5 Å². The van der Waals surface area contributed by atoms with Crippen molar-refractivity contribution in [1.29, 1.82) is 0 Å². The number of carbonyl (C=O) groups excluding carboxylic acids is 1. The number of nitrogens with zero attached hydrogens (tertiary/aromatic N) is 1. The molecule has 1 fully saturated rings. The van der Waals surface area contributed by atoms with E-state index in [0.29, 0.717) is 17.2 Å². The number of rotatable bonds is 5. The van der Waals surface area contributed by atoms with Crippen molar-refractivity contribution in [2.75, 3.05) is 4.90 Å². The second kappa shape index (κ2) is 9.74. The van der Waals surface area contributed by atoms with Crippen LogP contribution in [-0.2, 0) is 11.4 Å². The van der Waals surface area contributed by atoms with E-state index in [9.17, 15) is 4.79 Å². The molecule has 0 atom stereocenters. The number of furan rings is 1. The normalized spacial score (nSPS) is 14.8. The number of hydrogen-bond acceptors (Lipinski definition) is 4. The number of halogens is 5. The number of nitrogens with one attached hydrogen (secondary N) is 1. The summed E-state index contributed by atoms with van der Waals surface area (Å²) in [7, 11) is 0. The molecular weight excluding hydrogens is 550 g/mol. The maximum Gasteiger partial charge on any atom is 0.281 e. The highest BCUT2D eigenvalue weighted by atomic mass is 35.5. The van der Waals surface area contributed by atoms with Gasteiger partial charge in [-0.3, -0.25) is 9.69 Å². The zero-order valence-corrected chi connectivity index (χ0v) is 21.3. The maximum absolute atomic E-state index is 12.9. The lowest BCUT2D eigenvalue weighted by Gasteiger charge is -2.16. The Labute approximate surface area is 219 Å². The van der Waals surface area contributed by atoms with Gasteiger partial charge in [-0.05, 0) is 42.9 Å². The topological polar surface area (TPSA) is 54.7 Å². The first-order valence-electron chi connectivity index (χ1n) is 9.34. The van der Waals surface area contributed by atoms with Crippen molar-refractivity contribution >= 4 is 93.0 Å². The SMILES string of the molecule is Cc1ccccc1N1C(=O)/C(=C\c2ccc(COc3c(Cl)c(Cl)c(Cl)c(Cl)c3Cl)o2)NC1=S. The van der Waals surface area contributed by atoms with Crippen LogP contribution in [0.4, 0.5) is 5.69 Å². The number of ether oxygens (including phenoxy) is 1. The van der Waals surface area contributed by atoms with Crippen LogP contribution in [0.3, 0.4) is 0 Å². The van der Waals surface area contributed by atoms with Crippen LogP contribution in [0.1, 0.15) is 17.1 Å². The molecule has 2 aromatic carbocycles. The molecule has 4 rings (SSSR count). The molecule has 11 heteroatoms.